The van der Waals surface area contributed by atoms with E-state index in [0.717, 1.165) is 33.4 Å². The Bertz CT molecular complexity index is 1240. The number of aromatic nitrogens is 5. The van der Waals surface area contributed by atoms with E-state index in [1.165, 1.54) is 0 Å². The summed E-state index contributed by atoms with van der Waals surface area (Å²) in [6, 6.07) is 4.17. The molecule has 0 N–H and O–H groups in total. The molecule has 0 atom stereocenters. The number of pyridine rings is 2. The Kier molecular flexibility index (Phi) is 3.94. The average molecular weight is 388 g/mol. The molecule has 5 heterocycles. The van der Waals surface area contributed by atoms with Gasteiger partial charge in [0.2, 0.25) is 0 Å². The quantitative estimate of drug-likeness (QED) is 0.525. The lowest BCUT2D eigenvalue weighted by Crippen LogP contribution is -2.36. The van der Waals surface area contributed by atoms with Gasteiger partial charge in [0.15, 0.2) is 5.65 Å². The van der Waals surface area contributed by atoms with Crippen molar-refractivity contribution in [3.8, 4) is 11.1 Å². The van der Waals surface area contributed by atoms with Crippen LogP contribution in [0.3, 0.4) is 0 Å². The summed E-state index contributed by atoms with van der Waals surface area (Å²) in [4.78, 5) is 24.1. The molecule has 0 unspecified atom stereocenters. The molecule has 8 nitrogen and oxygen atoms in total. The van der Waals surface area contributed by atoms with Gasteiger partial charge in [0.1, 0.15) is 11.3 Å². The zero-order valence-electron chi connectivity index (χ0n) is 16.5. The van der Waals surface area contributed by atoms with Gasteiger partial charge in [-0.05, 0) is 31.5 Å². The molecule has 4 aromatic rings. The first-order valence-electron chi connectivity index (χ1n) is 9.49. The van der Waals surface area contributed by atoms with Crippen LogP contribution in [0.15, 0.2) is 35.2 Å². The number of hydrogen-bond donors (Lipinski definition) is 0. The number of hydrogen-bond acceptors (Lipinski definition) is 6. The summed E-state index contributed by atoms with van der Waals surface area (Å²) < 4.78 is 6.93. The van der Waals surface area contributed by atoms with Crippen molar-refractivity contribution >= 4 is 16.9 Å². The number of carbonyl (C=O) groups excluding carboxylic acids is 1. The summed E-state index contributed by atoms with van der Waals surface area (Å²) in [5, 5.41) is 9.09. The van der Waals surface area contributed by atoms with Crippen molar-refractivity contribution in [2.75, 3.05) is 6.54 Å². The summed E-state index contributed by atoms with van der Waals surface area (Å²) in [6.45, 7) is 4.69. The highest BCUT2D eigenvalue weighted by molar-refractivity contribution is 5.96. The number of nitrogens with zero attached hydrogens (tertiary/aromatic N) is 6. The van der Waals surface area contributed by atoms with Gasteiger partial charge in [-0.25, -0.2) is 9.97 Å². The van der Waals surface area contributed by atoms with Gasteiger partial charge in [-0.1, -0.05) is 5.16 Å². The first-order chi connectivity index (χ1) is 14.0. The van der Waals surface area contributed by atoms with E-state index >= 15 is 0 Å². The van der Waals surface area contributed by atoms with Crippen LogP contribution in [0.2, 0.25) is 0 Å². The van der Waals surface area contributed by atoms with Gasteiger partial charge in [0.05, 0.1) is 11.9 Å². The third kappa shape index (κ3) is 2.97. The zero-order chi connectivity index (χ0) is 20.1. The first kappa shape index (κ1) is 17.5. The number of carbonyl (C=O) groups is 1. The van der Waals surface area contributed by atoms with Crippen molar-refractivity contribution in [3.63, 3.8) is 0 Å². The minimum absolute atomic E-state index is 0.0470. The maximum Gasteiger partial charge on any atom is 0.259 e. The fourth-order valence-corrected chi connectivity index (χ4v) is 3.87. The molecule has 1 amide bonds. The highest BCUT2D eigenvalue weighted by Gasteiger charge is 2.27. The lowest BCUT2D eigenvalue weighted by atomic mass is 10.0. The molecule has 0 fully saturated rings. The van der Waals surface area contributed by atoms with Gasteiger partial charge < -0.3 is 9.42 Å². The fraction of sp³-hybridized carbons (Fsp3) is 0.286. The summed E-state index contributed by atoms with van der Waals surface area (Å²) in [7, 11) is 1.89. The Morgan fingerprint density at radius 1 is 1.17 bits per heavy atom. The van der Waals surface area contributed by atoms with E-state index in [1.807, 2.05) is 30.5 Å². The van der Waals surface area contributed by atoms with Crippen molar-refractivity contribution in [3.05, 3.63) is 59.0 Å². The standard InChI is InChI=1S/C21H20N6O2/c1-12-19(13(2)29-25-12)21(28)27-5-4-18-16(11-27)7-14-6-15(8-22-20(14)24-18)17-9-23-26(3)10-17/h6-10H,4-5,11H2,1-3H3. The average Bonchev–Trinajstić information content (AvgIpc) is 3.30. The maximum absolute atomic E-state index is 13.0. The van der Waals surface area contributed by atoms with Crippen LogP contribution in [0.25, 0.3) is 22.2 Å². The number of amides is 1. The second-order valence-electron chi connectivity index (χ2n) is 7.44. The summed E-state index contributed by atoms with van der Waals surface area (Å²) in [5.41, 5.74) is 5.96. The van der Waals surface area contributed by atoms with Gasteiger partial charge in [-0.3, -0.25) is 9.48 Å². The molecule has 29 heavy (non-hydrogen) atoms. The van der Waals surface area contributed by atoms with Gasteiger partial charge >= 0.3 is 0 Å². The molecule has 0 aromatic carbocycles. The van der Waals surface area contributed by atoms with Crippen LogP contribution in [0.4, 0.5) is 0 Å². The van der Waals surface area contributed by atoms with Crippen LogP contribution < -0.4 is 0 Å². The number of fused-ring (bicyclic) bond motifs is 2. The van der Waals surface area contributed by atoms with Crippen LogP contribution in [-0.2, 0) is 20.0 Å². The predicted octanol–water partition coefficient (Wildman–Crippen LogP) is 2.83. The number of rotatable bonds is 2. The largest absolute Gasteiger partial charge is 0.361 e. The van der Waals surface area contributed by atoms with Crippen LogP contribution in [0, 0.1) is 13.8 Å². The Labute approximate surface area is 167 Å². The molecule has 4 aromatic heterocycles. The normalized spacial score (nSPS) is 13.7. The topological polar surface area (TPSA) is 89.9 Å². The van der Waals surface area contributed by atoms with Gasteiger partial charge in [-0.2, -0.15) is 5.10 Å². The Morgan fingerprint density at radius 3 is 2.76 bits per heavy atom. The third-order valence-electron chi connectivity index (χ3n) is 5.39. The van der Waals surface area contributed by atoms with Gasteiger partial charge in [-0.15, -0.1) is 0 Å². The minimum Gasteiger partial charge on any atom is -0.361 e. The van der Waals surface area contributed by atoms with E-state index in [4.69, 9.17) is 9.51 Å². The van der Waals surface area contributed by atoms with E-state index in [-0.39, 0.29) is 5.91 Å². The Morgan fingerprint density at radius 2 is 2.03 bits per heavy atom. The molecule has 1 aliphatic heterocycles. The summed E-state index contributed by atoms with van der Waals surface area (Å²) >= 11 is 0. The van der Waals surface area contributed by atoms with Gasteiger partial charge in [0.25, 0.3) is 5.91 Å². The molecule has 0 bridgehead atoms. The number of aryl methyl sites for hydroxylation is 3. The molecule has 0 aliphatic carbocycles. The molecular weight excluding hydrogens is 368 g/mol. The van der Waals surface area contributed by atoms with Gasteiger partial charge in [0, 0.05) is 61.2 Å². The molecule has 0 spiro atoms. The molecule has 0 saturated carbocycles. The lowest BCUT2D eigenvalue weighted by Gasteiger charge is -2.28. The molecule has 0 saturated heterocycles. The van der Waals surface area contributed by atoms with Crippen LogP contribution in [0.1, 0.15) is 33.1 Å². The van der Waals surface area contributed by atoms with Crippen molar-refractivity contribution < 1.29 is 9.32 Å². The zero-order valence-corrected chi connectivity index (χ0v) is 16.5. The van der Waals surface area contributed by atoms with E-state index < -0.39 is 0 Å². The van der Waals surface area contributed by atoms with Crippen LogP contribution in [-0.4, -0.2) is 42.3 Å². The predicted molar refractivity (Wildman–Crippen MR) is 106 cm³/mol. The maximum atomic E-state index is 13.0. The Balaban J connectivity index is 1.49. The molecular formula is C21H20N6O2. The Hall–Kier alpha value is -3.55. The first-order valence-corrected chi connectivity index (χ1v) is 9.49. The monoisotopic (exact) mass is 388 g/mol. The van der Waals surface area contributed by atoms with Crippen LogP contribution in [0.5, 0.6) is 0 Å². The van der Waals surface area contributed by atoms with E-state index in [2.05, 4.69) is 27.4 Å². The SMILES string of the molecule is Cc1noc(C)c1C(=O)N1CCc2nc3ncc(-c4cnn(C)c4)cc3cc2C1. The van der Waals surface area contributed by atoms with E-state index in [9.17, 15) is 4.79 Å². The minimum atomic E-state index is -0.0470. The molecule has 1 aliphatic rings. The van der Waals surface area contributed by atoms with E-state index in [0.29, 0.717) is 36.5 Å². The second-order valence-corrected chi connectivity index (χ2v) is 7.44. The second kappa shape index (κ2) is 6.51. The smallest absolute Gasteiger partial charge is 0.259 e. The summed E-state index contributed by atoms with van der Waals surface area (Å²) in [5.74, 6) is 0.509. The lowest BCUT2D eigenvalue weighted by molar-refractivity contribution is 0.0731. The van der Waals surface area contributed by atoms with Crippen molar-refractivity contribution in [2.45, 2.75) is 26.8 Å². The van der Waals surface area contributed by atoms with Crippen molar-refractivity contribution in [1.29, 1.82) is 0 Å². The van der Waals surface area contributed by atoms with Crippen molar-refractivity contribution in [2.24, 2.45) is 7.05 Å². The molecule has 8 heteroatoms. The van der Waals surface area contributed by atoms with E-state index in [1.54, 1.807) is 18.5 Å². The molecule has 5 rings (SSSR count). The highest BCUT2D eigenvalue weighted by Crippen LogP contribution is 2.27. The highest BCUT2D eigenvalue weighted by atomic mass is 16.5. The summed E-state index contributed by atoms with van der Waals surface area (Å²) in [6.07, 6.45) is 6.30. The molecule has 146 valence electrons. The molecule has 0 radical (unpaired) electrons. The third-order valence-corrected chi connectivity index (χ3v) is 5.39. The van der Waals surface area contributed by atoms with Crippen molar-refractivity contribution in [1.82, 2.24) is 29.8 Å². The fourth-order valence-electron chi connectivity index (χ4n) is 3.87. The van der Waals surface area contributed by atoms with Crippen LogP contribution >= 0.6 is 0 Å².